The number of aromatic nitrogens is 3. The van der Waals surface area contributed by atoms with E-state index in [4.69, 9.17) is 19.4 Å². The van der Waals surface area contributed by atoms with Gasteiger partial charge in [0.15, 0.2) is 23.1 Å². The predicted molar refractivity (Wildman–Crippen MR) is 221 cm³/mol. The molecule has 0 aliphatic heterocycles. The van der Waals surface area contributed by atoms with Crippen LogP contribution < -0.4 is 4.90 Å². The van der Waals surface area contributed by atoms with E-state index in [1.54, 1.807) is 0 Å². The van der Waals surface area contributed by atoms with E-state index in [9.17, 15) is 0 Å². The van der Waals surface area contributed by atoms with E-state index < -0.39 is 0 Å². The summed E-state index contributed by atoms with van der Waals surface area (Å²) in [6.07, 6.45) is 0. The van der Waals surface area contributed by atoms with Crippen molar-refractivity contribution in [3.05, 3.63) is 194 Å². The predicted octanol–water partition coefficient (Wildman–Crippen LogP) is 13.1. The van der Waals surface area contributed by atoms with Crippen LogP contribution in [0.5, 0.6) is 0 Å². The Labute approximate surface area is 312 Å². The van der Waals surface area contributed by atoms with Gasteiger partial charge in [0.05, 0.1) is 5.69 Å². The minimum absolute atomic E-state index is 0.589. The highest BCUT2D eigenvalue weighted by Gasteiger charge is 2.23. The molecule has 2 aromatic heterocycles. The Morgan fingerprint density at radius 2 is 0.852 bits per heavy atom. The molecule has 54 heavy (non-hydrogen) atoms. The van der Waals surface area contributed by atoms with Crippen LogP contribution in [0.4, 0.5) is 17.1 Å². The van der Waals surface area contributed by atoms with Crippen LogP contribution in [0.25, 0.3) is 78.0 Å². The Morgan fingerprint density at radius 1 is 0.370 bits per heavy atom. The lowest BCUT2D eigenvalue weighted by Gasteiger charge is -2.25. The number of rotatable bonds is 7. The topological polar surface area (TPSA) is 55.1 Å². The number of hydrogen-bond acceptors (Lipinski definition) is 5. The fourth-order valence-electron chi connectivity index (χ4n) is 7.37. The summed E-state index contributed by atoms with van der Waals surface area (Å²) in [5, 5.41) is 4.21. The average Bonchev–Trinajstić information content (AvgIpc) is 3.65. The van der Waals surface area contributed by atoms with Gasteiger partial charge in [-0.25, -0.2) is 15.0 Å². The molecule has 8 aromatic carbocycles. The second-order valence-electron chi connectivity index (χ2n) is 13.2. The van der Waals surface area contributed by atoms with Crippen molar-refractivity contribution in [2.45, 2.75) is 0 Å². The van der Waals surface area contributed by atoms with Crippen LogP contribution in [-0.2, 0) is 0 Å². The lowest BCUT2D eigenvalue weighted by Crippen LogP contribution is -2.10. The minimum atomic E-state index is 0.589. The third-order valence-electron chi connectivity index (χ3n) is 9.91. The van der Waals surface area contributed by atoms with Crippen LogP contribution in [0.2, 0.25) is 0 Å². The van der Waals surface area contributed by atoms with Crippen molar-refractivity contribution in [1.29, 1.82) is 0 Å². The number of nitrogens with zero attached hydrogens (tertiary/aromatic N) is 4. The van der Waals surface area contributed by atoms with Crippen molar-refractivity contribution >= 4 is 49.8 Å². The number of hydrogen-bond donors (Lipinski definition) is 0. The van der Waals surface area contributed by atoms with E-state index in [0.29, 0.717) is 17.5 Å². The summed E-state index contributed by atoms with van der Waals surface area (Å²) in [5.74, 6) is 1.82. The lowest BCUT2D eigenvalue weighted by molar-refractivity contribution is 0.669. The van der Waals surface area contributed by atoms with E-state index >= 15 is 0 Å². The Bertz CT molecular complexity index is 2850. The summed E-state index contributed by atoms with van der Waals surface area (Å²) in [6, 6.07) is 66.8. The van der Waals surface area contributed by atoms with Crippen LogP contribution in [0.3, 0.4) is 0 Å². The molecule has 0 saturated carbocycles. The van der Waals surface area contributed by atoms with Crippen molar-refractivity contribution in [2.24, 2.45) is 0 Å². The fraction of sp³-hybridized carbons (Fsp3) is 0. The van der Waals surface area contributed by atoms with E-state index in [1.807, 2.05) is 72.8 Å². The van der Waals surface area contributed by atoms with Gasteiger partial charge in [0.2, 0.25) is 0 Å². The van der Waals surface area contributed by atoms with Crippen LogP contribution >= 0.6 is 0 Å². The van der Waals surface area contributed by atoms with Gasteiger partial charge in [-0.3, -0.25) is 0 Å². The van der Waals surface area contributed by atoms with Gasteiger partial charge in [-0.2, -0.15) is 0 Å². The summed E-state index contributed by atoms with van der Waals surface area (Å²) in [5.41, 5.74) is 9.67. The molecule has 0 unspecified atom stereocenters. The first-order valence-electron chi connectivity index (χ1n) is 18.0. The first-order chi connectivity index (χ1) is 26.8. The van der Waals surface area contributed by atoms with Crippen molar-refractivity contribution in [3.63, 3.8) is 0 Å². The van der Waals surface area contributed by atoms with Crippen LogP contribution in [-0.4, -0.2) is 15.0 Å². The van der Waals surface area contributed by atoms with Crippen LogP contribution in [0.15, 0.2) is 199 Å². The fourth-order valence-corrected chi connectivity index (χ4v) is 7.37. The zero-order valence-corrected chi connectivity index (χ0v) is 29.2. The molecule has 0 bridgehead atoms. The summed E-state index contributed by atoms with van der Waals surface area (Å²) in [7, 11) is 0. The summed E-state index contributed by atoms with van der Waals surface area (Å²) >= 11 is 0. The second-order valence-corrected chi connectivity index (χ2v) is 13.2. The molecular formula is C49H32N4O. The highest BCUT2D eigenvalue weighted by atomic mass is 16.3. The Morgan fingerprint density at radius 3 is 1.48 bits per heavy atom. The molecule has 10 aromatic rings. The molecule has 0 fully saturated rings. The molecule has 0 amide bonds. The molecular weight excluding hydrogens is 661 g/mol. The highest BCUT2D eigenvalue weighted by Crippen LogP contribution is 2.45. The molecule has 2 heterocycles. The maximum absolute atomic E-state index is 6.99. The van der Waals surface area contributed by atoms with Gasteiger partial charge in [-0.05, 0) is 58.3 Å². The number of benzene rings is 8. The maximum atomic E-state index is 6.99. The Hall–Kier alpha value is -7.37. The zero-order chi connectivity index (χ0) is 35.8. The van der Waals surface area contributed by atoms with Gasteiger partial charge < -0.3 is 9.32 Å². The van der Waals surface area contributed by atoms with E-state index in [1.165, 1.54) is 5.56 Å². The largest absolute Gasteiger partial charge is 0.454 e. The highest BCUT2D eigenvalue weighted by molar-refractivity contribution is 6.23. The molecule has 5 heteroatoms. The molecule has 0 aliphatic rings. The number of furan rings is 1. The third-order valence-corrected chi connectivity index (χ3v) is 9.91. The standard InChI is InChI=1S/C49H32N4O/c1-5-16-33(17-6-1)34-28-30-38(31-29-34)53(37-22-11-4-12-23-37)43-27-15-26-41-45-40-25-14-13-24-39(40)42(32-44(45)54-46(41)43)49-51-47(35-18-7-2-8-19-35)50-48(52-49)36-20-9-3-10-21-36/h1-32H. The molecule has 254 valence electrons. The smallest absolute Gasteiger partial charge is 0.164 e. The molecule has 10 rings (SSSR count). The second kappa shape index (κ2) is 13.3. The van der Waals surface area contributed by atoms with Gasteiger partial charge in [-0.1, -0.05) is 158 Å². The Kier molecular flexibility index (Phi) is 7.73. The normalized spacial score (nSPS) is 11.3. The Balaban J connectivity index is 1.19. The summed E-state index contributed by atoms with van der Waals surface area (Å²) in [6.45, 7) is 0. The molecule has 0 radical (unpaired) electrons. The molecule has 0 N–H and O–H groups in total. The lowest BCUT2D eigenvalue weighted by atomic mass is 9.98. The van der Waals surface area contributed by atoms with Gasteiger partial charge in [0.1, 0.15) is 5.58 Å². The third kappa shape index (κ3) is 5.56. The van der Waals surface area contributed by atoms with Gasteiger partial charge in [0.25, 0.3) is 0 Å². The quantitative estimate of drug-likeness (QED) is 0.166. The molecule has 5 nitrogen and oxygen atoms in total. The minimum Gasteiger partial charge on any atom is -0.454 e. The molecule has 0 spiro atoms. The molecule has 0 saturated heterocycles. The SMILES string of the molecule is c1ccc(-c2ccc(N(c3ccccc3)c3cccc4c3oc3cc(-c5nc(-c6ccccc6)nc(-c6ccccc6)n5)c5ccccc5c34)cc2)cc1. The van der Waals surface area contributed by atoms with Crippen LogP contribution in [0.1, 0.15) is 0 Å². The monoisotopic (exact) mass is 692 g/mol. The van der Waals surface area contributed by atoms with Gasteiger partial charge in [0, 0.05) is 38.8 Å². The average molecular weight is 693 g/mol. The molecule has 0 aliphatic carbocycles. The number of anilines is 3. The van der Waals surface area contributed by atoms with Crippen molar-refractivity contribution < 1.29 is 4.42 Å². The zero-order valence-electron chi connectivity index (χ0n) is 29.2. The van der Waals surface area contributed by atoms with Crippen LogP contribution in [0, 0.1) is 0 Å². The van der Waals surface area contributed by atoms with Gasteiger partial charge in [-0.15, -0.1) is 0 Å². The number of para-hydroxylation sites is 2. The summed E-state index contributed by atoms with van der Waals surface area (Å²) in [4.78, 5) is 17.4. The van der Waals surface area contributed by atoms with Crippen molar-refractivity contribution in [1.82, 2.24) is 15.0 Å². The molecule has 0 atom stereocenters. The summed E-state index contributed by atoms with van der Waals surface area (Å²) < 4.78 is 6.99. The van der Waals surface area contributed by atoms with E-state index in [2.05, 4.69) is 126 Å². The maximum Gasteiger partial charge on any atom is 0.164 e. The first kappa shape index (κ1) is 31.4. The van der Waals surface area contributed by atoms with Crippen molar-refractivity contribution in [2.75, 3.05) is 4.90 Å². The van der Waals surface area contributed by atoms with E-state index in [-0.39, 0.29) is 0 Å². The first-order valence-corrected chi connectivity index (χ1v) is 18.0. The van der Waals surface area contributed by atoms with E-state index in [0.717, 1.165) is 72.0 Å². The van der Waals surface area contributed by atoms with Gasteiger partial charge >= 0.3 is 0 Å². The number of fused-ring (bicyclic) bond motifs is 5. The van der Waals surface area contributed by atoms with Crippen molar-refractivity contribution in [3.8, 4) is 45.3 Å².